The van der Waals surface area contributed by atoms with Gasteiger partial charge in [0.2, 0.25) is 0 Å². The molecule has 1 unspecified atom stereocenters. The summed E-state index contributed by atoms with van der Waals surface area (Å²) in [5.41, 5.74) is 4.57. The second kappa shape index (κ2) is 22.0. The van der Waals surface area contributed by atoms with E-state index in [4.69, 9.17) is 45.4 Å². The van der Waals surface area contributed by atoms with Crippen LogP contribution in [0.3, 0.4) is 0 Å². The van der Waals surface area contributed by atoms with E-state index < -0.39 is 60.7 Å². The predicted octanol–water partition coefficient (Wildman–Crippen LogP) is 5.17. The summed E-state index contributed by atoms with van der Waals surface area (Å²) in [4.78, 5) is 50.8. The molecular weight excluding hydrogens is 793 g/mol. The maximum absolute atomic E-state index is 12.3. The van der Waals surface area contributed by atoms with E-state index in [-0.39, 0.29) is 37.8 Å². The number of carbonyl (C=O) groups excluding carboxylic acids is 4. The van der Waals surface area contributed by atoms with Gasteiger partial charge in [0.15, 0.2) is 24.6 Å². The first kappa shape index (κ1) is 46.0. The maximum atomic E-state index is 12.3. The third kappa shape index (κ3) is 12.7. The van der Waals surface area contributed by atoms with Crippen molar-refractivity contribution < 1.29 is 57.4 Å². The van der Waals surface area contributed by atoms with Crippen molar-refractivity contribution in [1.82, 2.24) is 10.2 Å². The summed E-state index contributed by atoms with van der Waals surface area (Å²) in [6, 6.07) is 25.8. The molecule has 14 nitrogen and oxygen atoms in total. The number of aliphatic hydroxyl groups excluding tert-OH is 1. The summed E-state index contributed by atoms with van der Waals surface area (Å²) < 4.78 is 41.6. The Morgan fingerprint density at radius 3 is 1.90 bits per heavy atom. The summed E-state index contributed by atoms with van der Waals surface area (Å²) in [5, 5.41) is 12.9. The molecule has 3 aromatic carbocycles. The van der Waals surface area contributed by atoms with Crippen LogP contribution < -0.4 is 5.32 Å². The van der Waals surface area contributed by atoms with Gasteiger partial charge in [0, 0.05) is 65.2 Å². The molecule has 3 aromatic rings. The molecule has 5 rings (SSSR count). The van der Waals surface area contributed by atoms with Gasteiger partial charge in [-0.15, -0.1) is 6.58 Å². The Hall–Kier alpha value is -5.03. The fourth-order valence-electron chi connectivity index (χ4n) is 7.50. The van der Waals surface area contributed by atoms with Crippen LogP contribution in [0.1, 0.15) is 80.2 Å². The zero-order valence-electron chi connectivity index (χ0n) is 34.5. The van der Waals surface area contributed by atoms with Crippen LogP contribution in [0.5, 0.6) is 0 Å². The highest BCUT2D eigenvalue weighted by Gasteiger charge is 2.52. The molecule has 0 saturated carbocycles. The molecular formula is C45H54N2O12S. The number of esters is 4. The molecule has 15 heteroatoms. The van der Waals surface area contributed by atoms with Crippen LogP contribution in [0.2, 0.25) is 0 Å². The molecule has 2 aliphatic rings. The molecule has 9 atom stereocenters. The van der Waals surface area contributed by atoms with Gasteiger partial charge < -0.3 is 48.5 Å². The highest BCUT2D eigenvalue weighted by atomic mass is 32.1. The third-order valence-corrected chi connectivity index (χ3v) is 10.4. The van der Waals surface area contributed by atoms with Crippen LogP contribution in [0.4, 0.5) is 0 Å². The average molecular weight is 847 g/mol. The highest BCUT2D eigenvalue weighted by Crippen LogP contribution is 2.47. The molecule has 0 spiro atoms. The van der Waals surface area contributed by atoms with Gasteiger partial charge in [0.1, 0.15) is 18.8 Å². The highest BCUT2D eigenvalue weighted by molar-refractivity contribution is 7.80. The zero-order valence-corrected chi connectivity index (χ0v) is 35.3. The SMILES string of the molecule is C=CCN(C)C[C@H]1OC(c2ccc(CNC(=S)C[C@@H]3O[C@H](COC(C)=O)[C@@H](OC(C)=O)[C@H](OC(C)=O)[C@H]3OC(C)=O)cc2)O[C@@H](c2ccc(CO)cc2)[C@@H]1c1ccccc1. The molecule has 0 bridgehead atoms. The maximum Gasteiger partial charge on any atom is 0.303 e. The van der Waals surface area contributed by atoms with Crippen molar-refractivity contribution in [1.29, 1.82) is 0 Å². The van der Waals surface area contributed by atoms with Crippen molar-refractivity contribution in [3.8, 4) is 0 Å². The Kier molecular flexibility index (Phi) is 16.9. The summed E-state index contributed by atoms with van der Waals surface area (Å²) in [6.45, 7) is 9.89. The van der Waals surface area contributed by atoms with E-state index in [9.17, 15) is 24.3 Å². The number of benzene rings is 3. The molecule has 0 radical (unpaired) electrons. The number of thiocarbonyl (C=S) groups is 1. The lowest BCUT2D eigenvalue weighted by Gasteiger charge is -2.44. The van der Waals surface area contributed by atoms with Crippen molar-refractivity contribution in [2.24, 2.45) is 0 Å². The lowest BCUT2D eigenvalue weighted by atomic mass is 9.83. The molecule has 2 heterocycles. The van der Waals surface area contributed by atoms with Gasteiger partial charge in [-0.1, -0.05) is 97.2 Å². The van der Waals surface area contributed by atoms with Gasteiger partial charge in [-0.2, -0.15) is 0 Å². The van der Waals surface area contributed by atoms with E-state index in [0.29, 0.717) is 24.6 Å². The lowest BCUT2D eigenvalue weighted by Crippen LogP contribution is -2.62. The summed E-state index contributed by atoms with van der Waals surface area (Å²) in [5.74, 6) is -2.85. The van der Waals surface area contributed by atoms with E-state index in [1.165, 1.54) is 27.7 Å². The molecule has 0 aromatic heterocycles. The predicted molar refractivity (Wildman–Crippen MR) is 223 cm³/mol. The quantitative estimate of drug-likeness (QED) is 0.0790. The monoisotopic (exact) mass is 846 g/mol. The average Bonchev–Trinajstić information content (AvgIpc) is 3.21. The minimum absolute atomic E-state index is 0.0151. The van der Waals surface area contributed by atoms with Crippen LogP contribution in [0.15, 0.2) is 91.5 Å². The van der Waals surface area contributed by atoms with Gasteiger partial charge in [0.05, 0.1) is 23.8 Å². The minimum atomic E-state index is -1.28. The van der Waals surface area contributed by atoms with Gasteiger partial charge in [-0.05, 0) is 29.3 Å². The molecule has 2 N–H and O–H groups in total. The Bertz CT molecular complexity index is 1930. The van der Waals surface area contributed by atoms with Crippen molar-refractivity contribution in [3.63, 3.8) is 0 Å². The summed E-state index contributed by atoms with van der Waals surface area (Å²) in [6.07, 6.45) is -5.22. The van der Waals surface area contributed by atoms with E-state index >= 15 is 0 Å². The van der Waals surface area contributed by atoms with Crippen molar-refractivity contribution in [2.75, 3.05) is 26.7 Å². The van der Waals surface area contributed by atoms with Gasteiger partial charge in [-0.25, -0.2) is 0 Å². The van der Waals surface area contributed by atoms with Crippen LogP contribution in [-0.4, -0.2) is 102 Å². The van der Waals surface area contributed by atoms with Crippen molar-refractivity contribution >= 4 is 41.1 Å². The second-order valence-electron chi connectivity index (χ2n) is 14.9. The number of nitrogens with zero attached hydrogens (tertiary/aromatic N) is 1. The van der Waals surface area contributed by atoms with Crippen LogP contribution >= 0.6 is 12.2 Å². The number of nitrogens with one attached hydrogen (secondary N) is 1. The Balaban J connectivity index is 1.33. The number of hydrogen-bond acceptors (Lipinski definition) is 14. The molecule has 322 valence electrons. The summed E-state index contributed by atoms with van der Waals surface area (Å²) >= 11 is 5.72. The topological polar surface area (TPSA) is 168 Å². The van der Waals surface area contributed by atoms with Gasteiger partial charge >= 0.3 is 23.9 Å². The zero-order chi connectivity index (χ0) is 43.3. The fraction of sp³-hybridized carbons (Fsp3) is 0.444. The van der Waals surface area contributed by atoms with E-state index in [1.807, 2.05) is 79.9 Å². The van der Waals surface area contributed by atoms with E-state index in [0.717, 1.165) is 27.8 Å². The van der Waals surface area contributed by atoms with Gasteiger partial charge in [0.25, 0.3) is 0 Å². The Labute approximate surface area is 356 Å². The largest absolute Gasteiger partial charge is 0.463 e. The number of carbonyl (C=O) groups is 4. The molecule has 2 aliphatic heterocycles. The number of aliphatic hydroxyl groups is 1. The molecule has 2 fully saturated rings. The van der Waals surface area contributed by atoms with E-state index in [1.54, 1.807) is 0 Å². The second-order valence-corrected chi connectivity index (χ2v) is 15.4. The molecule has 60 heavy (non-hydrogen) atoms. The third-order valence-electron chi connectivity index (χ3n) is 10.1. The Morgan fingerprint density at radius 2 is 1.32 bits per heavy atom. The van der Waals surface area contributed by atoms with Crippen LogP contribution in [0, 0.1) is 0 Å². The summed E-state index contributed by atoms with van der Waals surface area (Å²) in [7, 11) is 2.03. The first-order valence-electron chi connectivity index (χ1n) is 19.8. The number of likely N-dealkylation sites (N-methyl/N-ethyl adjacent to an activating group) is 1. The van der Waals surface area contributed by atoms with E-state index in [2.05, 4.69) is 28.9 Å². The first-order valence-corrected chi connectivity index (χ1v) is 20.2. The molecule has 0 aliphatic carbocycles. The fourth-order valence-corrected chi connectivity index (χ4v) is 7.73. The normalized spacial score (nSPS) is 25.1. The number of hydrogen-bond donors (Lipinski definition) is 2. The molecule has 2 saturated heterocycles. The standard InChI is InChI=1S/C45H54N2O12S/c1-7-21-47(6)24-37-40(33-11-9-8-10-12-33)41(34-17-15-32(25-48)16-18-34)59-45(58-37)35-19-13-31(14-20-35)23-46-39(60)22-36-42(54-28(3)50)44(56-30(5)52)43(55-29(4)51)38(57-36)26-53-27(2)49/h7-20,36-38,40-45,48H,1,21-26H2,2-6H3,(H,46,60)/t36-,37+,38+,40+,41-,42-,43+,44+,45?/m0/s1. The van der Waals surface area contributed by atoms with Crippen molar-refractivity contribution in [2.45, 2.75) is 102 Å². The van der Waals surface area contributed by atoms with Crippen LogP contribution in [-0.2, 0) is 65.5 Å². The molecule has 0 amide bonds. The van der Waals surface area contributed by atoms with Gasteiger partial charge in [-0.3, -0.25) is 19.2 Å². The lowest BCUT2D eigenvalue weighted by molar-refractivity contribution is -0.263. The minimum Gasteiger partial charge on any atom is -0.463 e. The number of ether oxygens (including phenoxy) is 7. The number of rotatable bonds is 17. The van der Waals surface area contributed by atoms with Crippen LogP contribution in [0.25, 0.3) is 0 Å². The van der Waals surface area contributed by atoms with Crippen molar-refractivity contribution in [3.05, 3.63) is 119 Å². The Morgan fingerprint density at radius 1 is 0.733 bits per heavy atom. The first-order chi connectivity index (χ1) is 28.8. The smallest absolute Gasteiger partial charge is 0.303 e.